The monoisotopic (exact) mass is 672 g/mol. The first-order valence-electron chi connectivity index (χ1n) is 17.3. The van der Waals surface area contributed by atoms with Gasteiger partial charge >= 0.3 is 0 Å². The molecule has 1 saturated heterocycles. The van der Waals surface area contributed by atoms with Crippen LogP contribution in [0.15, 0.2) is 66.7 Å². The number of benzene rings is 2. The van der Waals surface area contributed by atoms with Crippen LogP contribution in [0.25, 0.3) is 10.9 Å². The minimum absolute atomic E-state index is 0.0677. The van der Waals surface area contributed by atoms with Crippen molar-refractivity contribution in [1.29, 1.82) is 0 Å². The van der Waals surface area contributed by atoms with Crippen LogP contribution in [-0.2, 0) is 20.8 Å². The highest BCUT2D eigenvalue weighted by Gasteiger charge is 2.34. The maximum atomic E-state index is 13.6. The smallest absolute Gasteiger partial charge is 0.270 e. The van der Waals surface area contributed by atoms with Crippen LogP contribution in [0.3, 0.4) is 0 Å². The van der Waals surface area contributed by atoms with Gasteiger partial charge in [0, 0.05) is 24.0 Å². The van der Waals surface area contributed by atoms with Crippen LogP contribution in [0.2, 0.25) is 0 Å². The van der Waals surface area contributed by atoms with E-state index in [2.05, 4.69) is 25.8 Å². The number of aliphatic hydroxyl groups is 1. The minimum Gasteiger partial charge on any atom is -0.390 e. The molecule has 2 fully saturated rings. The Bertz CT molecular complexity index is 1540. The summed E-state index contributed by atoms with van der Waals surface area (Å²) < 4.78 is 0. The predicted molar refractivity (Wildman–Crippen MR) is 190 cm³/mol. The van der Waals surface area contributed by atoms with E-state index in [0.717, 1.165) is 36.4 Å². The van der Waals surface area contributed by atoms with Crippen molar-refractivity contribution in [2.75, 3.05) is 19.6 Å². The molecule has 2 aliphatic rings. The minimum atomic E-state index is -1.22. The lowest BCUT2D eigenvalue weighted by molar-refractivity contribution is -0.128. The molecule has 0 spiro atoms. The number of carbonyl (C=O) groups is 4. The highest BCUT2D eigenvalue weighted by atomic mass is 16.3. The number of para-hydroxylation sites is 1. The first-order chi connectivity index (χ1) is 23.4. The Balaban J connectivity index is 0.000000698. The summed E-state index contributed by atoms with van der Waals surface area (Å²) in [4.78, 5) is 55.0. The molecule has 264 valence electrons. The van der Waals surface area contributed by atoms with Crippen LogP contribution in [0.1, 0.15) is 75.3 Å². The molecule has 4 unspecified atom stereocenters. The molecule has 0 bridgehead atoms. The molecule has 1 aliphatic heterocycles. The summed E-state index contributed by atoms with van der Waals surface area (Å²) in [7, 11) is 0. The Labute approximate surface area is 289 Å². The van der Waals surface area contributed by atoms with E-state index in [9.17, 15) is 24.3 Å². The van der Waals surface area contributed by atoms with Crippen LogP contribution in [0.4, 0.5) is 0 Å². The van der Waals surface area contributed by atoms with Gasteiger partial charge in [-0.3, -0.25) is 19.2 Å². The van der Waals surface area contributed by atoms with Crippen molar-refractivity contribution in [3.8, 4) is 0 Å². The summed E-state index contributed by atoms with van der Waals surface area (Å²) in [5, 5.41) is 20.5. The Kier molecular flexibility index (Phi) is 13.7. The zero-order chi connectivity index (χ0) is 35.4. The van der Waals surface area contributed by atoms with E-state index in [-0.39, 0.29) is 17.7 Å². The quantitative estimate of drug-likeness (QED) is 0.184. The Hall–Kier alpha value is -4.35. The number of hydrogen-bond acceptors (Lipinski definition) is 7. The van der Waals surface area contributed by atoms with Gasteiger partial charge in [0.25, 0.3) is 5.91 Å². The summed E-state index contributed by atoms with van der Waals surface area (Å²) in [6.45, 7) is 8.13. The van der Waals surface area contributed by atoms with Crippen molar-refractivity contribution in [2.24, 2.45) is 17.6 Å². The number of nitrogens with one attached hydrogen (secondary N) is 3. The highest BCUT2D eigenvalue weighted by molar-refractivity contribution is 5.99. The van der Waals surface area contributed by atoms with E-state index < -0.39 is 35.9 Å². The summed E-state index contributed by atoms with van der Waals surface area (Å²) in [6, 6.07) is 18.6. The normalized spacial score (nSPS) is 19.6. The molecule has 11 heteroatoms. The molecule has 3 aromatic rings. The molecule has 1 aliphatic carbocycles. The second-order valence-electron chi connectivity index (χ2n) is 14.3. The number of rotatable bonds is 12. The van der Waals surface area contributed by atoms with Gasteiger partial charge in [0.1, 0.15) is 11.7 Å². The molecule has 2 aromatic carbocycles. The van der Waals surface area contributed by atoms with Gasteiger partial charge in [-0.1, -0.05) is 73.9 Å². The summed E-state index contributed by atoms with van der Waals surface area (Å²) >= 11 is 0. The molecule has 5 atom stereocenters. The average molecular weight is 673 g/mol. The van der Waals surface area contributed by atoms with Crippen molar-refractivity contribution in [3.05, 3.63) is 78.0 Å². The zero-order valence-electron chi connectivity index (χ0n) is 28.9. The number of nitrogens with two attached hydrogens (primary N) is 1. The summed E-state index contributed by atoms with van der Waals surface area (Å²) in [5.41, 5.74) is 7.13. The maximum absolute atomic E-state index is 13.6. The van der Waals surface area contributed by atoms with Crippen molar-refractivity contribution in [3.63, 3.8) is 0 Å². The standard InChI is InChI=1S/C33H41N5O4.C5H11NO/c34-31(40)19-29(37-32(41)27-15-14-24-11-6-7-13-26(24)35-27)33(42)36-28(18-22-8-2-1-3-9-22)30(39)21-38-17-16-23-10-4-5-12-25(23)20-38;1-5(2,3)6-4-7/h1-3,6-9,11,13-15,23,25,28-30,39H,4-5,10,12,16-21H2,(H2,34,40)(H,36,42)(H,37,41);4H,1-3H3,(H,6,7)/t23?,25?,28?,29-,30?;/m0./s1. The first kappa shape index (κ1) is 37.5. The van der Waals surface area contributed by atoms with Crippen LogP contribution in [0.5, 0.6) is 0 Å². The topological polar surface area (TPSA) is 167 Å². The molecular formula is C38H52N6O5. The Morgan fingerprint density at radius 2 is 1.65 bits per heavy atom. The Morgan fingerprint density at radius 3 is 2.33 bits per heavy atom. The third kappa shape index (κ3) is 11.9. The van der Waals surface area contributed by atoms with Crippen molar-refractivity contribution in [2.45, 2.75) is 89.4 Å². The molecular weight excluding hydrogens is 620 g/mol. The number of pyridine rings is 1. The number of aliphatic hydroxyl groups excluding tert-OH is 1. The number of piperidine rings is 1. The van der Waals surface area contributed by atoms with E-state index in [0.29, 0.717) is 30.8 Å². The lowest BCUT2D eigenvalue weighted by Gasteiger charge is -2.42. The van der Waals surface area contributed by atoms with Gasteiger partial charge in [0.05, 0.1) is 24.1 Å². The van der Waals surface area contributed by atoms with Crippen LogP contribution in [0, 0.1) is 11.8 Å². The van der Waals surface area contributed by atoms with Crippen molar-refractivity contribution < 1.29 is 24.3 Å². The van der Waals surface area contributed by atoms with E-state index in [4.69, 9.17) is 5.73 Å². The number of primary amides is 1. The average Bonchev–Trinajstić information content (AvgIpc) is 3.07. The molecule has 2 heterocycles. The maximum Gasteiger partial charge on any atom is 0.270 e. The fraction of sp³-hybridized carbons (Fsp3) is 0.500. The second-order valence-corrected chi connectivity index (χ2v) is 14.3. The lowest BCUT2D eigenvalue weighted by atomic mass is 9.75. The van der Waals surface area contributed by atoms with E-state index in [1.54, 1.807) is 18.2 Å². The SMILES string of the molecule is CC(C)(C)NC=O.NC(=O)C[C@H](NC(=O)c1ccc2ccccc2n1)C(=O)NC(Cc1ccccc1)C(O)CN1CCC2CCCCC2C1. The van der Waals surface area contributed by atoms with E-state index >= 15 is 0 Å². The van der Waals surface area contributed by atoms with Crippen molar-refractivity contribution >= 4 is 35.0 Å². The third-order valence-electron chi connectivity index (χ3n) is 9.26. The highest BCUT2D eigenvalue weighted by Crippen LogP contribution is 2.36. The fourth-order valence-electron chi connectivity index (χ4n) is 6.68. The van der Waals surface area contributed by atoms with Gasteiger partial charge in [-0.25, -0.2) is 4.98 Å². The van der Waals surface area contributed by atoms with Gasteiger partial charge in [0.2, 0.25) is 18.2 Å². The molecule has 1 aromatic heterocycles. The van der Waals surface area contributed by atoms with Crippen LogP contribution in [-0.4, -0.2) is 82.5 Å². The van der Waals surface area contributed by atoms with E-state index in [1.807, 2.05) is 69.3 Å². The molecule has 0 radical (unpaired) electrons. The first-order valence-corrected chi connectivity index (χ1v) is 17.3. The van der Waals surface area contributed by atoms with E-state index in [1.165, 1.54) is 25.7 Å². The molecule has 11 nitrogen and oxygen atoms in total. The fourth-order valence-corrected chi connectivity index (χ4v) is 6.68. The largest absolute Gasteiger partial charge is 0.390 e. The zero-order valence-corrected chi connectivity index (χ0v) is 28.9. The summed E-state index contributed by atoms with van der Waals surface area (Å²) in [6.07, 6.45) is 6.15. The third-order valence-corrected chi connectivity index (χ3v) is 9.26. The van der Waals surface area contributed by atoms with Gasteiger partial charge in [-0.05, 0) is 76.1 Å². The molecule has 6 N–H and O–H groups in total. The number of hydrogen-bond donors (Lipinski definition) is 5. The number of likely N-dealkylation sites (tertiary alicyclic amines) is 1. The van der Waals surface area contributed by atoms with Gasteiger partial charge in [-0.15, -0.1) is 0 Å². The summed E-state index contributed by atoms with van der Waals surface area (Å²) in [5.74, 6) is -0.438. The van der Waals surface area contributed by atoms with Crippen LogP contribution >= 0.6 is 0 Å². The van der Waals surface area contributed by atoms with Gasteiger partial charge < -0.3 is 31.7 Å². The number of aromatic nitrogens is 1. The number of carbonyl (C=O) groups excluding carboxylic acids is 4. The number of nitrogens with zero attached hydrogens (tertiary/aromatic N) is 2. The van der Waals surface area contributed by atoms with Gasteiger partial charge in [-0.2, -0.15) is 0 Å². The number of amides is 4. The van der Waals surface area contributed by atoms with Crippen LogP contribution < -0.4 is 21.7 Å². The lowest BCUT2D eigenvalue weighted by Crippen LogP contribution is -2.56. The van der Waals surface area contributed by atoms with Gasteiger partial charge in [0.15, 0.2) is 0 Å². The molecule has 1 saturated carbocycles. The molecule has 49 heavy (non-hydrogen) atoms. The number of β-amino-alcohol motifs (C(OH)–C–C–N with tert-alkyl or cyclic N) is 1. The molecule has 4 amide bonds. The van der Waals surface area contributed by atoms with Crippen molar-refractivity contribution in [1.82, 2.24) is 25.8 Å². The molecule has 5 rings (SSSR count). The number of fused-ring (bicyclic) bond motifs is 2. The Morgan fingerprint density at radius 1 is 0.959 bits per heavy atom. The predicted octanol–water partition coefficient (Wildman–Crippen LogP) is 3.34. The second kappa shape index (κ2) is 17.9.